The molecule has 1 amide bonds. The van der Waals surface area contributed by atoms with Gasteiger partial charge in [0, 0.05) is 7.05 Å². The molecule has 3 nitrogen and oxygen atoms in total. The molecule has 1 fully saturated rings. The highest BCUT2D eigenvalue weighted by atomic mass is 19.1. The molecule has 1 aromatic carbocycles. The Hall–Kier alpha value is -2.10. The van der Waals surface area contributed by atoms with E-state index >= 15 is 0 Å². The Morgan fingerprint density at radius 2 is 2.05 bits per heavy atom. The average molecular weight is 301 g/mol. The van der Waals surface area contributed by atoms with Crippen LogP contribution in [0.5, 0.6) is 0 Å². The van der Waals surface area contributed by atoms with E-state index in [1.807, 2.05) is 18.2 Å². The SMILES string of the molecule is CN(Cc1ccco1)C(=O)C1(c2cccc(F)c2)CCCC1. The first-order valence-corrected chi connectivity index (χ1v) is 7.66. The minimum absolute atomic E-state index is 0.0481. The van der Waals surface area contributed by atoms with Gasteiger partial charge in [0.15, 0.2) is 0 Å². The summed E-state index contributed by atoms with van der Waals surface area (Å²) in [5.74, 6) is 0.514. The van der Waals surface area contributed by atoms with Gasteiger partial charge in [0.2, 0.25) is 5.91 Å². The number of furan rings is 1. The molecule has 2 aromatic rings. The molecule has 0 atom stereocenters. The molecule has 1 heterocycles. The smallest absolute Gasteiger partial charge is 0.233 e. The standard InChI is InChI=1S/C18H20FNO2/c1-20(13-16-8-5-11-22-16)17(21)18(9-2-3-10-18)14-6-4-7-15(19)12-14/h4-8,11-12H,2-3,9-10,13H2,1H3. The summed E-state index contributed by atoms with van der Waals surface area (Å²) in [6, 6.07) is 10.1. The Balaban J connectivity index is 1.88. The first kappa shape index (κ1) is 14.8. The van der Waals surface area contributed by atoms with Crippen LogP contribution >= 0.6 is 0 Å². The zero-order valence-corrected chi connectivity index (χ0v) is 12.7. The lowest BCUT2D eigenvalue weighted by molar-refractivity contribution is -0.136. The molecular formula is C18H20FNO2. The van der Waals surface area contributed by atoms with Gasteiger partial charge in [0.1, 0.15) is 11.6 Å². The molecule has 0 N–H and O–H groups in total. The highest BCUT2D eigenvalue weighted by Gasteiger charge is 2.44. The average Bonchev–Trinajstić information content (AvgIpc) is 3.18. The number of halogens is 1. The maximum absolute atomic E-state index is 13.6. The van der Waals surface area contributed by atoms with Crippen LogP contribution in [0.3, 0.4) is 0 Å². The van der Waals surface area contributed by atoms with E-state index in [9.17, 15) is 9.18 Å². The lowest BCUT2D eigenvalue weighted by atomic mass is 9.77. The number of rotatable bonds is 4. The largest absolute Gasteiger partial charge is 0.467 e. The van der Waals surface area contributed by atoms with E-state index < -0.39 is 5.41 Å². The summed E-state index contributed by atoms with van der Waals surface area (Å²) < 4.78 is 18.9. The number of likely N-dealkylation sites (N-methyl/N-ethyl adjacent to an activating group) is 1. The summed E-state index contributed by atoms with van der Waals surface area (Å²) in [4.78, 5) is 14.8. The Morgan fingerprint density at radius 3 is 2.68 bits per heavy atom. The van der Waals surface area contributed by atoms with E-state index in [-0.39, 0.29) is 11.7 Å². The molecule has 0 aliphatic heterocycles. The van der Waals surface area contributed by atoms with Crippen molar-refractivity contribution in [1.82, 2.24) is 4.90 Å². The van der Waals surface area contributed by atoms with Crippen LogP contribution in [0.2, 0.25) is 0 Å². The van der Waals surface area contributed by atoms with Gasteiger partial charge < -0.3 is 9.32 Å². The second kappa shape index (κ2) is 5.95. The van der Waals surface area contributed by atoms with Crippen LogP contribution in [0.15, 0.2) is 47.1 Å². The molecule has 0 spiro atoms. The van der Waals surface area contributed by atoms with E-state index in [0.29, 0.717) is 6.54 Å². The maximum Gasteiger partial charge on any atom is 0.233 e. The summed E-state index contributed by atoms with van der Waals surface area (Å²) in [6.45, 7) is 0.433. The van der Waals surface area contributed by atoms with Gasteiger partial charge in [-0.1, -0.05) is 25.0 Å². The highest BCUT2D eigenvalue weighted by Crippen LogP contribution is 2.42. The number of benzene rings is 1. The third-order valence-corrected chi connectivity index (χ3v) is 4.56. The number of nitrogens with zero attached hydrogens (tertiary/aromatic N) is 1. The number of hydrogen-bond donors (Lipinski definition) is 0. The van der Waals surface area contributed by atoms with Gasteiger partial charge in [0.05, 0.1) is 18.2 Å². The van der Waals surface area contributed by atoms with Gasteiger partial charge in [-0.25, -0.2) is 4.39 Å². The zero-order chi connectivity index (χ0) is 15.6. The lowest BCUT2D eigenvalue weighted by Crippen LogP contribution is -2.43. The minimum atomic E-state index is -0.594. The third-order valence-electron chi connectivity index (χ3n) is 4.56. The molecule has 22 heavy (non-hydrogen) atoms. The first-order chi connectivity index (χ1) is 10.6. The van der Waals surface area contributed by atoms with E-state index in [1.165, 1.54) is 12.1 Å². The van der Waals surface area contributed by atoms with Crippen LogP contribution in [0.4, 0.5) is 4.39 Å². The van der Waals surface area contributed by atoms with Crippen LogP contribution < -0.4 is 0 Å². The second-order valence-corrected chi connectivity index (χ2v) is 6.04. The third kappa shape index (κ3) is 2.65. The molecule has 3 rings (SSSR count). The molecule has 116 valence electrons. The molecule has 1 saturated carbocycles. The molecule has 4 heteroatoms. The lowest BCUT2D eigenvalue weighted by Gasteiger charge is -2.32. The quantitative estimate of drug-likeness (QED) is 0.858. The summed E-state index contributed by atoms with van der Waals surface area (Å²) >= 11 is 0. The summed E-state index contributed by atoms with van der Waals surface area (Å²) in [7, 11) is 1.78. The highest BCUT2D eigenvalue weighted by molar-refractivity contribution is 5.88. The fourth-order valence-corrected chi connectivity index (χ4v) is 3.46. The van der Waals surface area contributed by atoms with Crippen molar-refractivity contribution >= 4 is 5.91 Å². The fraction of sp³-hybridized carbons (Fsp3) is 0.389. The van der Waals surface area contributed by atoms with E-state index in [2.05, 4.69) is 0 Å². The fourth-order valence-electron chi connectivity index (χ4n) is 3.46. The van der Waals surface area contributed by atoms with Crippen molar-refractivity contribution in [1.29, 1.82) is 0 Å². The van der Waals surface area contributed by atoms with Crippen molar-refractivity contribution in [3.63, 3.8) is 0 Å². The number of amides is 1. The molecule has 1 aromatic heterocycles. The van der Waals surface area contributed by atoms with Crippen LogP contribution in [-0.4, -0.2) is 17.9 Å². The van der Waals surface area contributed by atoms with Gasteiger partial charge in [0.25, 0.3) is 0 Å². The van der Waals surface area contributed by atoms with Gasteiger partial charge in [-0.3, -0.25) is 4.79 Å². The van der Waals surface area contributed by atoms with Crippen molar-refractivity contribution in [2.24, 2.45) is 0 Å². The van der Waals surface area contributed by atoms with Gasteiger partial charge in [-0.05, 0) is 42.7 Å². The molecule has 1 aliphatic carbocycles. The van der Waals surface area contributed by atoms with Gasteiger partial charge in [-0.15, -0.1) is 0 Å². The van der Waals surface area contributed by atoms with Gasteiger partial charge >= 0.3 is 0 Å². The molecule has 0 saturated heterocycles. The number of carbonyl (C=O) groups is 1. The first-order valence-electron chi connectivity index (χ1n) is 7.66. The zero-order valence-electron chi connectivity index (χ0n) is 12.7. The van der Waals surface area contributed by atoms with Crippen LogP contribution in [0.1, 0.15) is 37.0 Å². The van der Waals surface area contributed by atoms with E-state index in [1.54, 1.807) is 24.3 Å². The molecule has 0 bridgehead atoms. The van der Waals surface area contributed by atoms with Crippen molar-refractivity contribution < 1.29 is 13.6 Å². The van der Waals surface area contributed by atoms with Crippen LogP contribution in [0, 0.1) is 5.82 Å². The van der Waals surface area contributed by atoms with Crippen LogP contribution in [-0.2, 0) is 16.8 Å². The Labute approximate surface area is 129 Å². The van der Waals surface area contributed by atoms with Crippen LogP contribution in [0.25, 0.3) is 0 Å². The summed E-state index contributed by atoms with van der Waals surface area (Å²) in [5.41, 5.74) is 0.199. The summed E-state index contributed by atoms with van der Waals surface area (Å²) in [5, 5.41) is 0. The molecule has 0 radical (unpaired) electrons. The number of hydrogen-bond acceptors (Lipinski definition) is 2. The predicted molar refractivity (Wildman–Crippen MR) is 81.7 cm³/mol. The normalized spacial score (nSPS) is 16.6. The van der Waals surface area contributed by atoms with Crippen molar-refractivity contribution in [2.75, 3.05) is 7.05 Å². The number of carbonyl (C=O) groups excluding carboxylic acids is 1. The van der Waals surface area contributed by atoms with Crippen molar-refractivity contribution in [3.8, 4) is 0 Å². The van der Waals surface area contributed by atoms with Crippen molar-refractivity contribution in [2.45, 2.75) is 37.6 Å². The summed E-state index contributed by atoms with van der Waals surface area (Å²) in [6.07, 6.45) is 5.15. The maximum atomic E-state index is 13.6. The minimum Gasteiger partial charge on any atom is -0.467 e. The topological polar surface area (TPSA) is 33.5 Å². The molecular weight excluding hydrogens is 281 g/mol. The second-order valence-electron chi connectivity index (χ2n) is 6.04. The Morgan fingerprint density at radius 1 is 1.27 bits per heavy atom. The monoisotopic (exact) mass is 301 g/mol. The van der Waals surface area contributed by atoms with E-state index in [0.717, 1.165) is 37.0 Å². The van der Waals surface area contributed by atoms with Gasteiger partial charge in [-0.2, -0.15) is 0 Å². The molecule has 1 aliphatic rings. The Kier molecular flexibility index (Phi) is 4.01. The van der Waals surface area contributed by atoms with E-state index in [4.69, 9.17) is 4.42 Å². The van der Waals surface area contributed by atoms with Crippen molar-refractivity contribution in [3.05, 3.63) is 59.8 Å². The predicted octanol–water partition coefficient (Wildman–Crippen LogP) is 3.89. The Bertz CT molecular complexity index is 645. The molecule has 0 unspecified atom stereocenters.